The van der Waals surface area contributed by atoms with Crippen molar-refractivity contribution in [2.45, 2.75) is 32.3 Å². The van der Waals surface area contributed by atoms with E-state index >= 15 is 0 Å². The van der Waals surface area contributed by atoms with Crippen LogP contribution in [0.5, 0.6) is 0 Å². The second-order valence-electron chi connectivity index (χ2n) is 5.30. The number of aromatic nitrogens is 1. The molecule has 1 atom stereocenters. The zero-order valence-corrected chi connectivity index (χ0v) is 12.1. The maximum atomic E-state index is 12.3. The van der Waals surface area contributed by atoms with Crippen LogP contribution in [0.15, 0.2) is 10.6 Å². The van der Waals surface area contributed by atoms with E-state index in [2.05, 4.69) is 5.16 Å². The predicted octanol–water partition coefficient (Wildman–Crippen LogP) is 1.54. The van der Waals surface area contributed by atoms with Crippen molar-refractivity contribution >= 4 is 11.9 Å². The molecule has 1 unspecified atom stereocenters. The summed E-state index contributed by atoms with van der Waals surface area (Å²) in [5, 5.41) is 12.5. The number of amides is 1. The van der Waals surface area contributed by atoms with Crippen LogP contribution in [-0.2, 0) is 16.1 Å². The number of aliphatic carboxylic acids is 1. The molecular formula is C14H20N2O5. The number of hydrogen-bond donors (Lipinski definition) is 1. The largest absolute Gasteiger partial charge is 0.481 e. The van der Waals surface area contributed by atoms with Crippen LogP contribution in [0.1, 0.15) is 41.9 Å². The summed E-state index contributed by atoms with van der Waals surface area (Å²) in [5.74, 6) is -0.204. The molecular weight excluding hydrogens is 276 g/mol. The molecule has 1 N–H and O–H groups in total. The number of methoxy groups -OCH3 is 1. The summed E-state index contributed by atoms with van der Waals surface area (Å²) in [4.78, 5) is 24.7. The summed E-state index contributed by atoms with van der Waals surface area (Å²) >= 11 is 0. The van der Waals surface area contributed by atoms with Gasteiger partial charge in [-0.3, -0.25) is 9.59 Å². The van der Waals surface area contributed by atoms with Crippen LogP contribution in [0.25, 0.3) is 0 Å². The third kappa shape index (κ3) is 4.29. The van der Waals surface area contributed by atoms with Gasteiger partial charge in [-0.15, -0.1) is 0 Å². The van der Waals surface area contributed by atoms with Gasteiger partial charge in [0.15, 0.2) is 11.5 Å². The van der Waals surface area contributed by atoms with Gasteiger partial charge >= 0.3 is 5.97 Å². The van der Waals surface area contributed by atoms with Gasteiger partial charge in [-0.25, -0.2) is 0 Å². The molecule has 116 valence electrons. The highest BCUT2D eigenvalue weighted by atomic mass is 16.5. The van der Waals surface area contributed by atoms with Gasteiger partial charge in [0.1, 0.15) is 6.61 Å². The van der Waals surface area contributed by atoms with Crippen LogP contribution in [0.3, 0.4) is 0 Å². The van der Waals surface area contributed by atoms with E-state index in [-0.39, 0.29) is 30.5 Å². The minimum atomic E-state index is -0.792. The monoisotopic (exact) mass is 296 g/mol. The quantitative estimate of drug-likeness (QED) is 0.856. The van der Waals surface area contributed by atoms with Gasteiger partial charge in [0.2, 0.25) is 0 Å². The highest BCUT2D eigenvalue weighted by Gasteiger charge is 2.26. The molecule has 2 heterocycles. The minimum absolute atomic E-state index is 0.147. The molecule has 7 heteroatoms. The van der Waals surface area contributed by atoms with Crippen molar-refractivity contribution in [2.24, 2.45) is 5.92 Å². The van der Waals surface area contributed by atoms with Crippen molar-refractivity contribution in [3.8, 4) is 0 Å². The number of likely N-dealkylation sites (tertiary alicyclic amines) is 1. The number of carboxylic acid groups (broad SMARTS) is 1. The molecule has 1 aliphatic rings. The molecule has 1 aliphatic heterocycles. The van der Waals surface area contributed by atoms with E-state index in [1.165, 1.54) is 0 Å². The molecule has 21 heavy (non-hydrogen) atoms. The molecule has 0 bridgehead atoms. The smallest absolute Gasteiger partial charge is 0.303 e. The molecule has 2 rings (SSSR count). The maximum Gasteiger partial charge on any atom is 0.303 e. The Morgan fingerprint density at radius 1 is 1.57 bits per heavy atom. The van der Waals surface area contributed by atoms with Crippen molar-refractivity contribution in [1.82, 2.24) is 10.1 Å². The summed E-state index contributed by atoms with van der Waals surface area (Å²) in [5.41, 5.74) is 0.279. The molecule has 1 aromatic rings. The van der Waals surface area contributed by atoms with Gasteiger partial charge in [-0.2, -0.15) is 0 Å². The third-order valence-electron chi connectivity index (χ3n) is 3.64. The van der Waals surface area contributed by atoms with Crippen molar-refractivity contribution in [3.05, 3.63) is 17.5 Å². The minimum Gasteiger partial charge on any atom is -0.481 e. The molecule has 0 spiro atoms. The Balaban J connectivity index is 1.93. The second-order valence-corrected chi connectivity index (χ2v) is 5.30. The van der Waals surface area contributed by atoms with Crippen molar-refractivity contribution < 1.29 is 24.0 Å². The lowest BCUT2D eigenvalue weighted by atomic mass is 9.93. The lowest BCUT2D eigenvalue weighted by Crippen LogP contribution is -2.40. The third-order valence-corrected chi connectivity index (χ3v) is 3.64. The molecule has 0 aliphatic carbocycles. The van der Waals surface area contributed by atoms with Crippen LogP contribution in [0.4, 0.5) is 0 Å². The zero-order valence-electron chi connectivity index (χ0n) is 12.1. The number of nitrogens with zero attached hydrogens (tertiary/aromatic N) is 2. The van der Waals surface area contributed by atoms with Crippen LogP contribution in [0.2, 0.25) is 0 Å². The Bertz CT molecular complexity index is 499. The zero-order chi connectivity index (χ0) is 15.2. The van der Waals surface area contributed by atoms with E-state index in [1.54, 1.807) is 18.1 Å². The van der Waals surface area contributed by atoms with Crippen LogP contribution in [0, 0.1) is 5.92 Å². The Morgan fingerprint density at radius 3 is 3.10 bits per heavy atom. The SMILES string of the molecule is COCc1cc(C(=O)N2CCCC(CCC(=O)O)C2)no1. The molecule has 0 radical (unpaired) electrons. The first-order valence-electron chi connectivity index (χ1n) is 7.05. The fraction of sp³-hybridized carbons (Fsp3) is 0.643. The van der Waals surface area contributed by atoms with Gasteiger partial charge < -0.3 is 19.3 Å². The van der Waals surface area contributed by atoms with Gasteiger partial charge in [-0.05, 0) is 25.2 Å². The lowest BCUT2D eigenvalue weighted by Gasteiger charge is -2.32. The summed E-state index contributed by atoms with van der Waals surface area (Å²) in [7, 11) is 1.54. The maximum absolute atomic E-state index is 12.3. The fourth-order valence-electron chi connectivity index (χ4n) is 2.60. The van der Waals surface area contributed by atoms with Gasteiger partial charge in [0, 0.05) is 32.7 Å². The van der Waals surface area contributed by atoms with E-state index < -0.39 is 5.97 Å². The predicted molar refractivity (Wildman–Crippen MR) is 72.7 cm³/mol. The van der Waals surface area contributed by atoms with Gasteiger partial charge in [0.25, 0.3) is 5.91 Å². The summed E-state index contributed by atoms with van der Waals surface area (Å²) < 4.78 is 9.95. The fourth-order valence-corrected chi connectivity index (χ4v) is 2.60. The molecule has 1 aromatic heterocycles. The average molecular weight is 296 g/mol. The standard InChI is InChI=1S/C14H20N2O5/c1-20-9-11-7-12(15-21-11)14(19)16-6-2-3-10(8-16)4-5-13(17)18/h7,10H,2-6,8-9H2,1H3,(H,17,18). The van der Waals surface area contributed by atoms with E-state index in [1.807, 2.05) is 0 Å². The Kier molecular flexibility index (Phi) is 5.32. The van der Waals surface area contributed by atoms with Crippen molar-refractivity contribution in [1.29, 1.82) is 0 Å². The van der Waals surface area contributed by atoms with Crippen molar-refractivity contribution in [3.63, 3.8) is 0 Å². The van der Waals surface area contributed by atoms with Crippen molar-refractivity contribution in [2.75, 3.05) is 20.2 Å². The Morgan fingerprint density at radius 2 is 2.38 bits per heavy atom. The number of piperidine rings is 1. The molecule has 0 aromatic carbocycles. The number of ether oxygens (including phenoxy) is 1. The normalized spacial score (nSPS) is 18.7. The Hall–Kier alpha value is -1.89. The highest BCUT2D eigenvalue weighted by Crippen LogP contribution is 2.22. The molecule has 1 saturated heterocycles. The number of rotatable bonds is 6. The lowest BCUT2D eigenvalue weighted by molar-refractivity contribution is -0.137. The molecule has 1 fully saturated rings. The van der Waals surface area contributed by atoms with Crippen LogP contribution >= 0.6 is 0 Å². The Labute approximate surface area is 122 Å². The number of carbonyl (C=O) groups excluding carboxylic acids is 1. The van der Waals surface area contributed by atoms with E-state index in [0.717, 1.165) is 12.8 Å². The van der Waals surface area contributed by atoms with Gasteiger partial charge in [0.05, 0.1) is 0 Å². The van der Waals surface area contributed by atoms with E-state index in [4.69, 9.17) is 14.4 Å². The van der Waals surface area contributed by atoms with Gasteiger partial charge in [-0.1, -0.05) is 5.16 Å². The molecule has 0 saturated carbocycles. The van der Waals surface area contributed by atoms with E-state index in [0.29, 0.717) is 25.3 Å². The number of carboxylic acids is 1. The van der Waals surface area contributed by atoms with E-state index in [9.17, 15) is 9.59 Å². The second kappa shape index (κ2) is 7.21. The van der Waals surface area contributed by atoms with Crippen LogP contribution < -0.4 is 0 Å². The number of carbonyl (C=O) groups is 2. The van der Waals surface area contributed by atoms with Crippen LogP contribution in [-0.4, -0.2) is 47.2 Å². The first-order valence-corrected chi connectivity index (χ1v) is 7.05. The highest BCUT2D eigenvalue weighted by molar-refractivity contribution is 5.92. The average Bonchev–Trinajstić information content (AvgIpc) is 2.94. The number of hydrogen-bond acceptors (Lipinski definition) is 5. The summed E-state index contributed by atoms with van der Waals surface area (Å²) in [6.45, 7) is 1.54. The topological polar surface area (TPSA) is 92.9 Å². The summed E-state index contributed by atoms with van der Waals surface area (Å²) in [6.07, 6.45) is 2.60. The molecule has 1 amide bonds. The first kappa shape index (κ1) is 15.5. The molecule has 7 nitrogen and oxygen atoms in total. The summed E-state index contributed by atoms with van der Waals surface area (Å²) in [6, 6.07) is 1.59. The first-order chi connectivity index (χ1) is 10.1.